The number of fused-ring (bicyclic) bond motifs is 2. The standard InChI is InChI=1S/C23H25FN6O2/c1-13-20(24)21-17(28-22(13)31)9-14(10-27-21)12-29-7-8-30(19-6-5-18(19)29)15-3-4-16(26-11-15)23(32)25-2/h3-4,9-11,18-19H,5-8,12H2,1-2H3,(H,25,32)(H,28,31). The van der Waals surface area contributed by atoms with Crippen LogP contribution in [-0.4, -0.2) is 58.0 Å². The van der Waals surface area contributed by atoms with Gasteiger partial charge in [0.15, 0.2) is 5.82 Å². The highest BCUT2D eigenvalue weighted by atomic mass is 19.1. The van der Waals surface area contributed by atoms with Crippen molar-refractivity contribution < 1.29 is 9.18 Å². The number of aromatic amines is 1. The minimum atomic E-state index is -0.556. The third-order valence-electron chi connectivity index (χ3n) is 6.69. The van der Waals surface area contributed by atoms with Gasteiger partial charge in [-0.3, -0.25) is 19.5 Å². The summed E-state index contributed by atoms with van der Waals surface area (Å²) in [6, 6.07) is 6.35. The second-order valence-corrected chi connectivity index (χ2v) is 8.49. The van der Waals surface area contributed by atoms with Gasteiger partial charge in [-0.1, -0.05) is 0 Å². The molecule has 3 aromatic heterocycles. The monoisotopic (exact) mass is 436 g/mol. The highest BCUT2D eigenvalue weighted by molar-refractivity contribution is 5.92. The van der Waals surface area contributed by atoms with Crippen LogP contribution in [0.2, 0.25) is 0 Å². The molecule has 1 amide bonds. The van der Waals surface area contributed by atoms with Crippen molar-refractivity contribution in [1.82, 2.24) is 25.2 Å². The summed E-state index contributed by atoms with van der Waals surface area (Å²) in [5.41, 5.74) is 2.66. The fraction of sp³-hybridized carbons (Fsp3) is 0.391. The normalized spacial score (nSPS) is 20.7. The number of rotatable bonds is 4. The first kappa shape index (κ1) is 20.6. The molecule has 1 aliphatic heterocycles. The molecule has 2 aliphatic rings. The Morgan fingerprint density at radius 1 is 1.22 bits per heavy atom. The van der Waals surface area contributed by atoms with Gasteiger partial charge in [-0.05, 0) is 43.5 Å². The van der Waals surface area contributed by atoms with Crippen LogP contribution in [0.5, 0.6) is 0 Å². The van der Waals surface area contributed by atoms with Gasteiger partial charge in [-0.25, -0.2) is 9.37 Å². The van der Waals surface area contributed by atoms with E-state index in [0.717, 1.165) is 37.2 Å². The molecule has 2 N–H and O–H groups in total. The summed E-state index contributed by atoms with van der Waals surface area (Å²) in [6.45, 7) is 3.88. The number of nitrogens with one attached hydrogen (secondary N) is 2. The summed E-state index contributed by atoms with van der Waals surface area (Å²) in [5.74, 6) is -0.748. The number of pyridine rings is 3. The van der Waals surface area contributed by atoms with Crippen molar-refractivity contribution in [2.24, 2.45) is 0 Å². The number of aromatic nitrogens is 3. The Bertz CT molecular complexity index is 1240. The molecule has 1 saturated heterocycles. The lowest BCUT2D eigenvalue weighted by Crippen LogP contribution is -2.64. The summed E-state index contributed by atoms with van der Waals surface area (Å²) in [6.07, 6.45) is 5.68. The van der Waals surface area contributed by atoms with E-state index in [1.165, 1.54) is 6.92 Å². The molecule has 5 rings (SSSR count). The summed E-state index contributed by atoms with van der Waals surface area (Å²) >= 11 is 0. The zero-order valence-corrected chi connectivity index (χ0v) is 18.1. The molecule has 3 aromatic rings. The number of hydrogen-bond acceptors (Lipinski definition) is 6. The van der Waals surface area contributed by atoms with Gasteiger partial charge in [0.2, 0.25) is 0 Å². The molecule has 2 fully saturated rings. The van der Waals surface area contributed by atoms with Gasteiger partial charge in [-0.15, -0.1) is 0 Å². The van der Waals surface area contributed by atoms with Crippen molar-refractivity contribution in [3.63, 3.8) is 0 Å². The Labute approximate surface area is 184 Å². The van der Waals surface area contributed by atoms with Gasteiger partial charge < -0.3 is 15.2 Å². The van der Waals surface area contributed by atoms with Crippen molar-refractivity contribution in [3.05, 3.63) is 63.6 Å². The molecule has 0 radical (unpaired) electrons. The SMILES string of the molecule is CNC(=O)c1ccc(N2CCN(Cc3cnc4c(F)c(C)c(=O)[nH]c4c3)C3CCC32)cn1. The van der Waals surface area contributed by atoms with Crippen molar-refractivity contribution >= 4 is 22.6 Å². The van der Waals surface area contributed by atoms with Crippen molar-refractivity contribution in [2.75, 3.05) is 25.0 Å². The van der Waals surface area contributed by atoms with Crippen LogP contribution in [0.1, 0.15) is 34.5 Å². The predicted molar refractivity (Wildman–Crippen MR) is 119 cm³/mol. The van der Waals surface area contributed by atoms with E-state index in [9.17, 15) is 14.0 Å². The minimum absolute atomic E-state index is 0.0593. The number of anilines is 1. The minimum Gasteiger partial charge on any atom is -0.364 e. The van der Waals surface area contributed by atoms with E-state index in [1.807, 2.05) is 12.1 Å². The number of H-pyrrole nitrogens is 1. The van der Waals surface area contributed by atoms with Crippen LogP contribution in [0.4, 0.5) is 10.1 Å². The molecule has 0 spiro atoms. The predicted octanol–water partition coefficient (Wildman–Crippen LogP) is 1.98. The molecule has 166 valence electrons. The summed E-state index contributed by atoms with van der Waals surface area (Å²) < 4.78 is 14.3. The highest BCUT2D eigenvalue weighted by Gasteiger charge is 2.43. The largest absolute Gasteiger partial charge is 0.364 e. The summed E-state index contributed by atoms with van der Waals surface area (Å²) in [7, 11) is 1.59. The molecular weight excluding hydrogens is 411 g/mol. The smallest absolute Gasteiger partial charge is 0.269 e. The number of hydrogen-bond donors (Lipinski definition) is 2. The molecule has 9 heteroatoms. The van der Waals surface area contributed by atoms with Crippen LogP contribution in [0.15, 0.2) is 35.4 Å². The Morgan fingerprint density at radius 3 is 2.72 bits per heavy atom. The molecule has 2 atom stereocenters. The molecule has 4 heterocycles. The van der Waals surface area contributed by atoms with E-state index < -0.39 is 11.4 Å². The first-order valence-electron chi connectivity index (χ1n) is 10.8. The number of carbonyl (C=O) groups excluding carboxylic acids is 1. The second-order valence-electron chi connectivity index (χ2n) is 8.49. The lowest BCUT2D eigenvalue weighted by atomic mass is 9.81. The van der Waals surface area contributed by atoms with E-state index >= 15 is 0 Å². The zero-order chi connectivity index (χ0) is 22.4. The van der Waals surface area contributed by atoms with E-state index in [4.69, 9.17) is 0 Å². The van der Waals surface area contributed by atoms with Crippen molar-refractivity contribution in [1.29, 1.82) is 0 Å². The molecule has 2 unspecified atom stereocenters. The zero-order valence-electron chi connectivity index (χ0n) is 18.1. The molecule has 1 saturated carbocycles. The van der Waals surface area contributed by atoms with Crippen LogP contribution in [0.3, 0.4) is 0 Å². The number of amides is 1. The van der Waals surface area contributed by atoms with Gasteiger partial charge in [-0.2, -0.15) is 0 Å². The summed E-state index contributed by atoms with van der Waals surface area (Å²) in [5, 5.41) is 2.59. The topological polar surface area (TPSA) is 94.2 Å². The van der Waals surface area contributed by atoms with Gasteiger partial charge in [0.25, 0.3) is 11.5 Å². The molecule has 0 bridgehead atoms. The number of halogens is 1. The quantitative estimate of drug-likeness (QED) is 0.650. The number of carbonyl (C=O) groups is 1. The third-order valence-corrected chi connectivity index (χ3v) is 6.69. The van der Waals surface area contributed by atoms with Crippen LogP contribution >= 0.6 is 0 Å². The number of piperazine rings is 1. The molecule has 1 aliphatic carbocycles. The molecular formula is C23H25FN6O2. The Hall–Kier alpha value is -3.33. The van der Waals surface area contributed by atoms with Gasteiger partial charge in [0, 0.05) is 45.0 Å². The van der Waals surface area contributed by atoms with Crippen molar-refractivity contribution in [2.45, 2.75) is 38.4 Å². The van der Waals surface area contributed by atoms with E-state index in [1.54, 1.807) is 25.5 Å². The van der Waals surface area contributed by atoms with Gasteiger partial charge >= 0.3 is 0 Å². The van der Waals surface area contributed by atoms with E-state index in [-0.39, 0.29) is 17.0 Å². The fourth-order valence-electron chi connectivity index (χ4n) is 4.75. The van der Waals surface area contributed by atoms with E-state index in [2.05, 4.69) is 30.1 Å². The van der Waals surface area contributed by atoms with Crippen molar-refractivity contribution in [3.8, 4) is 0 Å². The molecule has 32 heavy (non-hydrogen) atoms. The Balaban J connectivity index is 1.32. The number of nitrogens with zero attached hydrogens (tertiary/aromatic N) is 4. The van der Waals surface area contributed by atoms with Gasteiger partial charge in [0.1, 0.15) is 11.2 Å². The fourth-order valence-corrected chi connectivity index (χ4v) is 4.75. The highest BCUT2D eigenvalue weighted by Crippen LogP contribution is 2.37. The molecule has 8 nitrogen and oxygen atoms in total. The van der Waals surface area contributed by atoms with Gasteiger partial charge in [0.05, 0.1) is 23.0 Å². The summed E-state index contributed by atoms with van der Waals surface area (Å²) in [4.78, 5) is 39.8. The maximum atomic E-state index is 14.3. The lowest BCUT2D eigenvalue weighted by molar-refractivity contribution is 0.0658. The van der Waals surface area contributed by atoms with Crippen LogP contribution in [0, 0.1) is 12.7 Å². The average molecular weight is 436 g/mol. The molecule has 0 aromatic carbocycles. The first-order valence-corrected chi connectivity index (χ1v) is 10.8. The Kier molecular flexibility index (Phi) is 5.13. The second kappa shape index (κ2) is 7.98. The van der Waals surface area contributed by atoms with Crippen LogP contribution in [0.25, 0.3) is 11.0 Å². The maximum Gasteiger partial charge on any atom is 0.269 e. The first-order chi connectivity index (χ1) is 15.5. The van der Waals surface area contributed by atoms with Crippen LogP contribution < -0.4 is 15.8 Å². The lowest BCUT2D eigenvalue weighted by Gasteiger charge is -2.54. The maximum absolute atomic E-state index is 14.3. The Morgan fingerprint density at radius 2 is 2.03 bits per heavy atom. The van der Waals surface area contributed by atoms with Crippen LogP contribution in [-0.2, 0) is 6.54 Å². The average Bonchev–Trinajstić information content (AvgIpc) is 2.78. The third kappa shape index (κ3) is 3.42. The van der Waals surface area contributed by atoms with E-state index in [0.29, 0.717) is 29.8 Å².